The van der Waals surface area contributed by atoms with E-state index < -0.39 is 0 Å². The average molecular weight is 161 g/mol. The summed E-state index contributed by atoms with van der Waals surface area (Å²) in [5.41, 5.74) is 7.19. The number of nitrogens with two attached hydrogens (primary N) is 1. The minimum atomic E-state index is 0.0532. The molecule has 0 saturated heterocycles. The maximum absolute atomic E-state index is 7.21. The predicted molar refractivity (Wildman–Crippen MR) is 47.2 cm³/mol. The molecule has 0 bridgehead atoms. The molecule has 1 heterocycles. The molecule has 0 spiro atoms. The van der Waals surface area contributed by atoms with Crippen molar-refractivity contribution in [2.24, 2.45) is 5.73 Å². The molecule has 62 valence electrons. The lowest BCUT2D eigenvalue weighted by molar-refractivity contribution is 1.10. The monoisotopic (exact) mass is 161 g/mol. The Morgan fingerprint density at radius 2 is 2.33 bits per heavy atom. The summed E-state index contributed by atoms with van der Waals surface area (Å²) >= 11 is 0. The molecule has 0 atom stereocenters. The third-order valence-electron chi connectivity index (χ3n) is 2.11. The maximum Gasteiger partial charge on any atom is 0.141 e. The maximum atomic E-state index is 7.21. The van der Waals surface area contributed by atoms with Crippen LogP contribution in [0.3, 0.4) is 0 Å². The van der Waals surface area contributed by atoms with Gasteiger partial charge in [0.05, 0.1) is 0 Å². The van der Waals surface area contributed by atoms with Gasteiger partial charge in [-0.15, -0.1) is 0 Å². The van der Waals surface area contributed by atoms with E-state index in [1.54, 1.807) is 6.20 Å². The van der Waals surface area contributed by atoms with Crippen molar-refractivity contribution in [2.45, 2.75) is 18.8 Å². The smallest absolute Gasteiger partial charge is 0.141 e. The zero-order valence-electron chi connectivity index (χ0n) is 6.75. The Morgan fingerprint density at radius 1 is 1.58 bits per heavy atom. The Hall–Kier alpha value is -1.38. The van der Waals surface area contributed by atoms with Crippen molar-refractivity contribution in [3.8, 4) is 0 Å². The second kappa shape index (κ2) is 2.59. The van der Waals surface area contributed by atoms with E-state index in [-0.39, 0.29) is 5.84 Å². The summed E-state index contributed by atoms with van der Waals surface area (Å²) in [4.78, 5) is 4.00. The fraction of sp³-hybridized carbons (Fsp3) is 0.333. The Bertz CT molecular complexity index is 315. The van der Waals surface area contributed by atoms with Crippen LogP contribution < -0.4 is 5.73 Å². The van der Waals surface area contributed by atoms with Gasteiger partial charge in [-0.2, -0.15) is 0 Å². The second-order valence-corrected chi connectivity index (χ2v) is 3.16. The lowest BCUT2D eigenvalue weighted by atomic mass is 10.1. The number of hydrogen-bond donors (Lipinski definition) is 2. The van der Waals surface area contributed by atoms with E-state index in [2.05, 4.69) is 4.98 Å². The van der Waals surface area contributed by atoms with Crippen LogP contribution in [-0.4, -0.2) is 10.8 Å². The Morgan fingerprint density at radius 3 is 2.92 bits per heavy atom. The van der Waals surface area contributed by atoms with Crippen molar-refractivity contribution in [3.05, 3.63) is 29.6 Å². The van der Waals surface area contributed by atoms with Gasteiger partial charge in [0.2, 0.25) is 0 Å². The van der Waals surface area contributed by atoms with Gasteiger partial charge < -0.3 is 5.73 Å². The molecule has 0 aromatic carbocycles. The van der Waals surface area contributed by atoms with Gasteiger partial charge in [0.1, 0.15) is 11.5 Å². The summed E-state index contributed by atoms with van der Waals surface area (Å²) in [6.07, 6.45) is 4.26. The van der Waals surface area contributed by atoms with Crippen LogP contribution in [0.15, 0.2) is 18.3 Å². The van der Waals surface area contributed by atoms with Gasteiger partial charge in [0, 0.05) is 6.20 Å². The molecule has 1 aliphatic carbocycles. The Labute approximate surface area is 71.1 Å². The molecule has 3 N–H and O–H groups in total. The summed E-state index contributed by atoms with van der Waals surface area (Å²) in [7, 11) is 0. The van der Waals surface area contributed by atoms with Gasteiger partial charge in [0.15, 0.2) is 0 Å². The van der Waals surface area contributed by atoms with E-state index in [1.165, 1.54) is 18.4 Å². The average Bonchev–Trinajstić information content (AvgIpc) is 2.87. The highest BCUT2D eigenvalue weighted by molar-refractivity contribution is 5.93. The third-order valence-corrected chi connectivity index (χ3v) is 2.11. The van der Waals surface area contributed by atoms with Crippen LogP contribution in [0.1, 0.15) is 30.0 Å². The largest absolute Gasteiger partial charge is 0.382 e. The molecule has 0 unspecified atom stereocenters. The molecule has 1 saturated carbocycles. The minimum absolute atomic E-state index is 0.0532. The van der Waals surface area contributed by atoms with Crippen molar-refractivity contribution in [1.29, 1.82) is 5.41 Å². The van der Waals surface area contributed by atoms with Gasteiger partial charge in [-0.3, -0.25) is 10.4 Å². The Balaban J connectivity index is 2.32. The molecule has 0 amide bonds. The number of pyridine rings is 1. The van der Waals surface area contributed by atoms with E-state index >= 15 is 0 Å². The molecule has 12 heavy (non-hydrogen) atoms. The van der Waals surface area contributed by atoms with Crippen molar-refractivity contribution in [1.82, 2.24) is 4.98 Å². The lowest BCUT2D eigenvalue weighted by Crippen LogP contribution is -2.13. The molecule has 3 heteroatoms. The first-order chi connectivity index (χ1) is 5.77. The molecule has 2 rings (SSSR count). The van der Waals surface area contributed by atoms with Crippen LogP contribution in [0.4, 0.5) is 0 Å². The van der Waals surface area contributed by atoms with Crippen LogP contribution in [0.25, 0.3) is 0 Å². The number of nitrogen functional groups attached to an aromatic ring is 1. The van der Waals surface area contributed by atoms with Gasteiger partial charge >= 0.3 is 0 Å². The summed E-state index contributed by atoms with van der Waals surface area (Å²) in [5.74, 6) is 0.753. The van der Waals surface area contributed by atoms with Gasteiger partial charge in [-0.05, 0) is 36.5 Å². The molecule has 1 aromatic heterocycles. The SMILES string of the molecule is N=C(N)c1cc(C2CC2)ccn1. The number of hydrogen-bond acceptors (Lipinski definition) is 2. The fourth-order valence-corrected chi connectivity index (χ4v) is 1.26. The first-order valence-electron chi connectivity index (χ1n) is 4.08. The van der Waals surface area contributed by atoms with E-state index in [0.717, 1.165) is 0 Å². The summed E-state index contributed by atoms with van der Waals surface area (Å²) in [6, 6.07) is 3.92. The van der Waals surface area contributed by atoms with E-state index in [9.17, 15) is 0 Å². The van der Waals surface area contributed by atoms with Crippen molar-refractivity contribution < 1.29 is 0 Å². The van der Waals surface area contributed by atoms with Gasteiger partial charge in [0.25, 0.3) is 0 Å². The first kappa shape index (κ1) is 7.28. The number of nitrogens with one attached hydrogen (secondary N) is 1. The van der Waals surface area contributed by atoms with Gasteiger partial charge in [-0.1, -0.05) is 0 Å². The van der Waals surface area contributed by atoms with E-state index in [1.807, 2.05) is 12.1 Å². The number of rotatable bonds is 2. The molecule has 3 nitrogen and oxygen atoms in total. The Kier molecular flexibility index (Phi) is 1.57. The fourth-order valence-electron chi connectivity index (χ4n) is 1.26. The molecular weight excluding hydrogens is 150 g/mol. The van der Waals surface area contributed by atoms with Crippen LogP contribution in [0, 0.1) is 5.41 Å². The molecular formula is C9H11N3. The minimum Gasteiger partial charge on any atom is -0.382 e. The van der Waals surface area contributed by atoms with Crippen molar-refractivity contribution in [2.75, 3.05) is 0 Å². The molecule has 1 aliphatic rings. The third kappa shape index (κ3) is 1.30. The quantitative estimate of drug-likeness (QED) is 0.506. The van der Waals surface area contributed by atoms with E-state index in [0.29, 0.717) is 11.6 Å². The molecule has 0 aliphatic heterocycles. The lowest BCUT2D eigenvalue weighted by Gasteiger charge is -2.00. The van der Waals surface area contributed by atoms with Crippen LogP contribution >= 0.6 is 0 Å². The summed E-state index contributed by atoms with van der Waals surface area (Å²) in [5, 5.41) is 7.21. The highest BCUT2D eigenvalue weighted by Crippen LogP contribution is 2.39. The van der Waals surface area contributed by atoms with E-state index in [4.69, 9.17) is 11.1 Å². The number of nitrogens with zero attached hydrogens (tertiary/aromatic N) is 1. The normalized spacial score (nSPS) is 16.0. The zero-order chi connectivity index (χ0) is 8.55. The standard InChI is InChI=1S/C9H11N3/c10-9(11)8-5-7(3-4-12-8)6-1-2-6/h3-6H,1-2H2,(H3,10,11). The number of aromatic nitrogens is 1. The topological polar surface area (TPSA) is 62.8 Å². The molecule has 1 aromatic rings. The summed E-state index contributed by atoms with van der Waals surface area (Å²) in [6.45, 7) is 0. The van der Waals surface area contributed by atoms with Crippen LogP contribution in [0.2, 0.25) is 0 Å². The predicted octanol–water partition coefficient (Wildman–Crippen LogP) is 1.24. The van der Waals surface area contributed by atoms with Gasteiger partial charge in [-0.25, -0.2) is 0 Å². The highest BCUT2D eigenvalue weighted by atomic mass is 14.8. The highest BCUT2D eigenvalue weighted by Gasteiger charge is 2.23. The van der Waals surface area contributed by atoms with Crippen LogP contribution in [-0.2, 0) is 0 Å². The van der Waals surface area contributed by atoms with Crippen LogP contribution in [0.5, 0.6) is 0 Å². The zero-order valence-corrected chi connectivity index (χ0v) is 6.75. The molecule has 0 radical (unpaired) electrons. The van der Waals surface area contributed by atoms with Crippen molar-refractivity contribution in [3.63, 3.8) is 0 Å². The number of amidine groups is 1. The molecule has 1 fully saturated rings. The summed E-state index contributed by atoms with van der Waals surface area (Å²) < 4.78 is 0. The second-order valence-electron chi connectivity index (χ2n) is 3.16. The van der Waals surface area contributed by atoms with Crippen molar-refractivity contribution >= 4 is 5.84 Å². The first-order valence-corrected chi connectivity index (χ1v) is 4.08.